The fourth-order valence-corrected chi connectivity index (χ4v) is 2.56. The second-order valence-electron chi connectivity index (χ2n) is 3.13. The Morgan fingerprint density at radius 2 is 2.19 bits per heavy atom. The zero-order valence-corrected chi connectivity index (χ0v) is 10.5. The summed E-state index contributed by atoms with van der Waals surface area (Å²) in [5.74, 6) is -0.257. The van der Waals surface area contributed by atoms with E-state index in [9.17, 15) is 18.0 Å². The highest BCUT2D eigenvalue weighted by atomic mass is 79.9. The largest absolute Gasteiger partial charge is 0.401 e. The highest BCUT2D eigenvalue weighted by Gasteiger charge is 2.26. The van der Waals surface area contributed by atoms with E-state index >= 15 is 0 Å². The summed E-state index contributed by atoms with van der Waals surface area (Å²) in [6, 6.07) is 1.80. The van der Waals surface area contributed by atoms with Gasteiger partial charge in [0, 0.05) is 15.8 Å². The molecule has 0 spiro atoms. The van der Waals surface area contributed by atoms with Crippen molar-refractivity contribution in [3.05, 3.63) is 20.8 Å². The van der Waals surface area contributed by atoms with Crippen LogP contribution in [0.15, 0.2) is 15.9 Å². The van der Waals surface area contributed by atoms with E-state index < -0.39 is 12.7 Å². The van der Waals surface area contributed by atoms with Gasteiger partial charge in [-0.1, -0.05) is 0 Å². The molecular formula is C9H9BrF3NOS. The van der Waals surface area contributed by atoms with Gasteiger partial charge >= 0.3 is 6.18 Å². The molecular weight excluding hydrogens is 307 g/mol. The van der Waals surface area contributed by atoms with Crippen LogP contribution >= 0.6 is 27.3 Å². The molecule has 0 bridgehead atoms. The molecule has 2 nitrogen and oxygen atoms in total. The molecule has 90 valence electrons. The molecule has 0 saturated carbocycles. The minimum atomic E-state index is -4.27. The van der Waals surface area contributed by atoms with Crippen LogP contribution < -0.4 is 5.32 Å². The van der Waals surface area contributed by atoms with Crippen LogP contribution in [0.2, 0.25) is 0 Å². The average molecular weight is 316 g/mol. The van der Waals surface area contributed by atoms with E-state index in [0.717, 1.165) is 9.35 Å². The van der Waals surface area contributed by atoms with Crippen molar-refractivity contribution in [3.63, 3.8) is 0 Å². The van der Waals surface area contributed by atoms with Crippen molar-refractivity contribution in [2.45, 2.75) is 12.6 Å². The molecule has 0 amide bonds. The summed E-state index contributed by atoms with van der Waals surface area (Å²) in [5, 5.41) is 3.89. The minimum Gasteiger partial charge on any atom is -0.302 e. The first kappa shape index (κ1) is 13.7. The van der Waals surface area contributed by atoms with Crippen molar-refractivity contribution in [1.82, 2.24) is 5.32 Å². The summed E-state index contributed by atoms with van der Waals surface area (Å²) in [6.45, 7) is -1.39. The number of carbonyl (C=O) groups is 1. The molecule has 1 aromatic heterocycles. The number of thiophene rings is 1. The third-order valence-electron chi connectivity index (χ3n) is 1.70. The smallest absolute Gasteiger partial charge is 0.302 e. The maximum absolute atomic E-state index is 11.8. The fraction of sp³-hybridized carbons (Fsp3) is 0.444. The third-order valence-corrected chi connectivity index (χ3v) is 3.62. The normalized spacial score (nSPS) is 11.8. The van der Waals surface area contributed by atoms with Gasteiger partial charge in [0.2, 0.25) is 0 Å². The zero-order chi connectivity index (χ0) is 12.2. The van der Waals surface area contributed by atoms with E-state index in [2.05, 4.69) is 21.2 Å². The Balaban J connectivity index is 2.30. The Kier molecular flexibility index (Phi) is 4.94. The molecule has 1 heterocycles. The van der Waals surface area contributed by atoms with E-state index in [-0.39, 0.29) is 18.7 Å². The van der Waals surface area contributed by atoms with Crippen molar-refractivity contribution >= 4 is 33.0 Å². The first-order chi connectivity index (χ1) is 7.38. The Morgan fingerprint density at radius 3 is 2.69 bits per heavy atom. The van der Waals surface area contributed by atoms with Gasteiger partial charge in [-0.25, -0.2) is 0 Å². The number of rotatable bonds is 5. The molecule has 0 aliphatic rings. The van der Waals surface area contributed by atoms with E-state index in [1.165, 1.54) is 11.3 Å². The van der Waals surface area contributed by atoms with Crippen LogP contribution in [-0.4, -0.2) is 25.0 Å². The van der Waals surface area contributed by atoms with Crippen molar-refractivity contribution in [3.8, 4) is 0 Å². The van der Waals surface area contributed by atoms with Gasteiger partial charge in [-0.05, 0) is 27.4 Å². The van der Waals surface area contributed by atoms with Crippen LogP contribution in [-0.2, 0) is 11.2 Å². The molecule has 0 aliphatic carbocycles. The second kappa shape index (κ2) is 5.79. The van der Waals surface area contributed by atoms with Crippen LogP contribution in [0.1, 0.15) is 4.88 Å². The van der Waals surface area contributed by atoms with Gasteiger partial charge < -0.3 is 5.32 Å². The maximum atomic E-state index is 11.8. The summed E-state index contributed by atoms with van der Waals surface area (Å²) in [6.07, 6.45) is -4.12. The third kappa shape index (κ3) is 5.09. The molecule has 0 atom stereocenters. The van der Waals surface area contributed by atoms with E-state index in [1.54, 1.807) is 6.07 Å². The molecule has 1 aromatic rings. The van der Waals surface area contributed by atoms with Crippen LogP contribution in [0.25, 0.3) is 0 Å². The first-order valence-corrected chi connectivity index (χ1v) is 6.07. The SMILES string of the molecule is O=C(CNCC(F)(F)F)Cc1sccc1Br. The number of Topliss-reactive ketones (excluding diaryl/α,β-unsaturated/α-hetero) is 1. The summed E-state index contributed by atoms with van der Waals surface area (Å²) >= 11 is 4.65. The molecule has 1 rings (SSSR count). The van der Waals surface area contributed by atoms with Crippen LogP contribution in [0.3, 0.4) is 0 Å². The second-order valence-corrected chi connectivity index (χ2v) is 4.98. The Morgan fingerprint density at radius 1 is 1.50 bits per heavy atom. The summed E-state index contributed by atoms with van der Waals surface area (Å²) in [4.78, 5) is 12.1. The molecule has 0 fully saturated rings. The highest BCUT2D eigenvalue weighted by Crippen LogP contribution is 2.23. The van der Waals surface area contributed by atoms with Gasteiger partial charge in [-0.15, -0.1) is 11.3 Å². The van der Waals surface area contributed by atoms with Crippen LogP contribution in [0.4, 0.5) is 13.2 Å². The summed E-state index contributed by atoms with van der Waals surface area (Å²) < 4.78 is 36.1. The van der Waals surface area contributed by atoms with Crippen molar-refractivity contribution in [2.75, 3.05) is 13.1 Å². The quantitative estimate of drug-likeness (QED) is 0.905. The number of hydrogen-bond donors (Lipinski definition) is 1. The van der Waals surface area contributed by atoms with Gasteiger partial charge in [-0.2, -0.15) is 13.2 Å². The highest BCUT2D eigenvalue weighted by molar-refractivity contribution is 9.10. The Labute approximate surface area is 103 Å². The molecule has 0 aromatic carbocycles. The summed E-state index contributed by atoms with van der Waals surface area (Å²) in [5.41, 5.74) is 0. The molecule has 0 radical (unpaired) electrons. The number of ketones is 1. The van der Waals surface area contributed by atoms with Gasteiger partial charge in [-0.3, -0.25) is 4.79 Å². The lowest BCUT2D eigenvalue weighted by Gasteiger charge is -2.07. The standard InChI is InChI=1S/C9H9BrF3NOS/c10-7-1-2-16-8(7)3-6(15)4-14-5-9(11,12)13/h1-2,14H,3-5H2. The van der Waals surface area contributed by atoms with E-state index in [0.29, 0.717) is 0 Å². The molecule has 1 N–H and O–H groups in total. The Hall–Kier alpha value is -0.400. The predicted molar refractivity (Wildman–Crippen MR) is 59.7 cm³/mol. The lowest BCUT2D eigenvalue weighted by Crippen LogP contribution is -2.33. The van der Waals surface area contributed by atoms with Gasteiger partial charge in [0.25, 0.3) is 0 Å². The lowest BCUT2D eigenvalue weighted by atomic mass is 10.2. The average Bonchev–Trinajstić information content (AvgIpc) is 2.49. The zero-order valence-electron chi connectivity index (χ0n) is 8.10. The number of halogens is 4. The molecule has 0 unspecified atom stereocenters. The lowest BCUT2D eigenvalue weighted by molar-refractivity contribution is -0.127. The van der Waals surface area contributed by atoms with Gasteiger partial charge in [0.1, 0.15) is 0 Å². The van der Waals surface area contributed by atoms with Crippen LogP contribution in [0.5, 0.6) is 0 Å². The number of carbonyl (C=O) groups excluding carboxylic acids is 1. The molecule has 0 aliphatic heterocycles. The molecule has 7 heteroatoms. The first-order valence-electron chi connectivity index (χ1n) is 4.39. The number of nitrogens with one attached hydrogen (secondary N) is 1. The molecule has 0 saturated heterocycles. The van der Waals surface area contributed by atoms with E-state index in [4.69, 9.17) is 0 Å². The fourth-order valence-electron chi connectivity index (χ4n) is 1.04. The maximum Gasteiger partial charge on any atom is 0.401 e. The predicted octanol–water partition coefficient (Wildman–Crippen LogP) is 2.77. The van der Waals surface area contributed by atoms with Crippen LogP contribution in [0, 0.1) is 0 Å². The van der Waals surface area contributed by atoms with E-state index in [1.807, 2.05) is 5.38 Å². The van der Waals surface area contributed by atoms with Crippen molar-refractivity contribution in [2.24, 2.45) is 0 Å². The topological polar surface area (TPSA) is 29.1 Å². The van der Waals surface area contributed by atoms with Gasteiger partial charge in [0.05, 0.1) is 13.1 Å². The number of hydrogen-bond acceptors (Lipinski definition) is 3. The number of alkyl halides is 3. The van der Waals surface area contributed by atoms with Crippen molar-refractivity contribution < 1.29 is 18.0 Å². The minimum absolute atomic E-state index is 0.156. The van der Waals surface area contributed by atoms with Crippen molar-refractivity contribution in [1.29, 1.82) is 0 Å². The monoisotopic (exact) mass is 315 g/mol. The molecule has 16 heavy (non-hydrogen) atoms. The Bertz CT molecular complexity index is 364. The summed E-state index contributed by atoms with van der Waals surface area (Å²) in [7, 11) is 0. The van der Waals surface area contributed by atoms with Gasteiger partial charge in [0.15, 0.2) is 5.78 Å².